The van der Waals surface area contributed by atoms with Gasteiger partial charge in [-0.15, -0.1) is 10.2 Å². The molecule has 174 valence electrons. The fourth-order valence-electron chi connectivity index (χ4n) is 3.86. The van der Waals surface area contributed by atoms with E-state index in [1.54, 1.807) is 20.5 Å². The molecule has 0 radical (unpaired) electrons. The Morgan fingerprint density at radius 3 is 2.70 bits per heavy atom. The molecular weight excluding hydrogens is 422 g/mol. The molecular formula is C24H29N5O4. The van der Waals surface area contributed by atoms with Crippen LogP contribution in [-0.4, -0.2) is 67.9 Å². The Kier molecular flexibility index (Phi) is 7.41. The number of rotatable bonds is 8. The second-order valence-corrected chi connectivity index (χ2v) is 7.75. The Morgan fingerprint density at radius 2 is 1.97 bits per heavy atom. The molecule has 3 aromatic rings. The van der Waals surface area contributed by atoms with Crippen molar-refractivity contribution in [1.82, 2.24) is 20.4 Å². The minimum absolute atomic E-state index is 0.0939. The third-order valence-electron chi connectivity index (χ3n) is 5.66. The fourth-order valence-corrected chi connectivity index (χ4v) is 3.86. The summed E-state index contributed by atoms with van der Waals surface area (Å²) >= 11 is 0. The Bertz CT molecular complexity index is 1040. The van der Waals surface area contributed by atoms with Gasteiger partial charge in [0, 0.05) is 37.8 Å². The smallest absolute Gasteiger partial charge is 0.236 e. The molecule has 2 aromatic heterocycles. The van der Waals surface area contributed by atoms with Gasteiger partial charge in [0.05, 0.1) is 39.3 Å². The van der Waals surface area contributed by atoms with Gasteiger partial charge in [0.2, 0.25) is 5.91 Å². The van der Waals surface area contributed by atoms with E-state index < -0.39 is 0 Å². The standard InChI is InChI=1S/C24H29N5O4/c1-31-18-6-7-20(22(15-18)32-2)21-8-9-23(27-26-21)28-10-4-11-29(13-12-28)24(30)17-25-16-19-5-3-14-33-19/h3,5-9,14-15,25H,4,10-13,16-17H2,1-2H3. The van der Waals surface area contributed by atoms with Gasteiger partial charge in [-0.25, -0.2) is 0 Å². The number of nitrogens with zero attached hydrogens (tertiary/aromatic N) is 4. The number of hydrogen-bond acceptors (Lipinski definition) is 8. The summed E-state index contributed by atoms with van der Waals surface area (Å²) in [5.74, 6) is 3.12. The molecule has 9 nitrogen and oxygen atoms in total. The first-order chi connectivity index (χ1) is 16.2. The summed E-state index contributed by atoms with van der Waals surface area (Å²) in [6.45, 7) is 3.75. The number of benzene rings is 1. The lowest BCUT2D eigenvalue weighted by Crippen LogP contribution is -2.40. The molecule has 9 heteroatoms. The van der Waals surface area contributed by atoms with Gasteiger partial charge in [-0.1, -0.05) is 0 Å². The number of nitrogens with one attached hydrogen (secondary N) is 1. The summed E-state index contributed by atoms with van der Waals surface area (Å²) in [6.07, 6.45) is 2.50. The van der Waals surface area contributed by atoms with Crippen LogP contribution in [0.1, 0.15) is 12.2 Å². The third-order valence-corrected chi connectivity index (χ3v) is 5.66. The maximum Gasteiger partial charge on any atom is 0.236 e. The Balaban J connectivity index is 1.34. The molecule has 1 aliphatic rings. The molecule has 33 heavy (non-hydrogen) atoms. The molecule has 0 saturated carbocycles. The van der Waals surface area contributed by atoms with Gasteiger partial charge in [-0.3, -0.25) is 4.79 Å². The molecule has 1 fully saturated rings. The number of anilines is 1. The molecule has 1 amide bonds. The van der Waals surface area contributed by atoms with Gasteiger partial charge >= 0.3 is 0 Å². The minimum atomic E-state index is 0.0939. The van der Waals surface area contributed by atoms with Gasteiger partial charge in [0.25, 0.3) is 0 Å². The van der Waals surface area contributed by atoms with Crippen molar-refractivity contribution in [2.45, 2.75) is 13.0 Å². The summed E-state index contributed by atoms with van der Waals surface area (Å²) in [4.78, 5) is 16.7. The zero-order chi connectivity index (χ0) is 23.0. The van der Waals surface area contributed by atoms with E-state index in [0.29, 0.717) is 31.9 Å². The summed E-state index contributed by atoms with van der Waals surface area (Å²) in [5.41, 5.74) is 1.58. The molecule has 0 atom stereocenters. The molecule has 1 N–H and O–H groups in total. The molecule has 4 rings (SSSR count). The van der Waals surface area contributed by atoms with Crippen molar-refractivity contribution >= 4 is 11.7 Å². The number of amides is 1. The van der Waals surface area contributed by atoms with Crippen molar-refractivity contribution < 1.29 is 18.7 Å². The van der Waals surface area contributed by atoms with Crippen molar-refractivity contribution in [3.63, 3.8) is 0 Å². The van der Waals surface area contributed by atoms with Crippen LogP contribution in [0.4, 0.5) is 5.82 Å². The number of aromatic nitrogens is 2. The highest BCUT2D eigenvalue weighted by atomic mass is 16.5. The summed E-state index contributed by atoms with van der Waals surface area (Å²) in [7, 11) is 3.24. The number of carbonyl (C=O) groups is 1. The summed E-state index contributed by atoms with van der Waals surface area (Å²) in [5, 5.41) is 12.0. The number of carbonyl (C=O) groups excluding carboxylic acids is 1. The highest BCUT2D eigenvalue weighted by molar-refractivity contribution is 5.78. The number of ether oxygens (including phenoxy) is 2. The van der Waals surface area contributed by atoms with Crippen LogP contribution >= 0.6 is 0 Å². The molecule has 1 saturated heterocycles. The van der Waals surface area contributed by atoms with Gasteiger partial charge in [-0.2, -0.15) is 0 Å². The average Bonchev–Trinajstić information content (AvgIpc) is 3.25. The lowest BCUT2D eigenvalue weighted by atomic mass is 10.1. The van der Waals surface area contributed by atoms with E-state index >= 15 is 0 Å². The van der Waals surface area contributed by atoms with E-state index in [9.17, 15) is 4.79 Å². The van der Waals surface area contributed by atoms with Crippen LogP contribution in [-0.2, 0) is 11.3 Å². The number of methoxy groups -OCH3 is 2. The van der Waals surface area contributed by atoms with E-state index in [4.69, 9.17) is 13.9 Å². The summed E-state index contributed by atoms with van der Waals surface area (Å²) < 4.78 is 16.0. The quantitative estimate of drug-likeness (QED) is 0.559. The lowest BCUT2D eigenvalue weighted by Gasteiger charge is -2.22. The predicted molar refractivity (Wildman–Crippen MR) is 124 cm³/mol. The largest absolute Gasteiger partial charge is 0.497 e. The van der Waals surface area contributed by atoms with Crippen LogP contribution in [0.3, 0.4) is 0 Å². The first-order valence-corrected chi connectivity index (χ1v) is 11.0. The Morgan fingerprint density at radius 1 is 1.06 bits per heavy atom. The average molecular weight is 452 g/mol. The van der Waals surface area contributed by atoms with Crippen molar-refractivity contribution in [3.05, 3.63) is 54.5 Å². The van der Waals surface area contributed by atoms with Crippen LogP contribution < -0.4 is 19.7 Å². The predicted octanol–water partition coefficient (Wildman–Crippen LogP) is 2.58. The van der Waals surface area contributed by atoms with Crippen molar-refractivity contribution in [1.29, 1.82) is 0 Å². The third kappa shape index (κ3) is 5.61. The highest BCUT2D eigenvalue weighted by Crippen LogP contribution is 2.32. The highest BCUT2D eigenvalue weighted by Gasteiger charge is 2.20. The topological polar surface area (TPSA) is 93.0 Å². The van der Waals surface area contributed by atoms with Crippen molar-refractivity contribution in [2.24, 2.45) is 0 Å². The van der Waals surface area contributed by atoms with E-state index in [0.717, 1.165) is 48.1 Å². The van der Waals surface area contributed by atoms with E-state index in [2.05, 4.69) is 20.4 Å². The maximum absolute atomic E-state index is 12.6. The molecule has 0 spiro atoms. The van der Waals surface area contributed by atoms with E-state index in [1.807, 2.05) is 47.4 Å². The Hall–Kier alpha value is -3.59. The van der Waals surface area contributed by atoms with Gasteiger partial charge < -0.3 is 29.0 Å². The first-order valence-electron chi connectivity index (χ1n) is 11.0. The molecule has 0 bridgehead atoms. The van der Waals surface area contributed by atoms with Crippen LogP contribution in [0.2, 0.25) is 0 Å². The zero-order valence-corrected chi connectivity index (χ0v) is 19.0. The Labute approximate surface area is 193 Å². The lowest BCUT2D eigenvalue weighted by molar-refractivity contribution is -0.130. The SMILES string of the molecule is COc1ccc(-c2ccc(N3CCCN(C(=O)CNCc4ccco4)CC3)nn2)c(OC)c1. The van der Waals surface area contributed by atoms with Gasteiger partial charge in [0.1, 0.15) is 17.3 Å². The molecule has 3 heterocycles. The van der Waals surface area contributed by atoms with Crippen LogP contribution in [0, 0.1) is 0 Å². The molecule has 0 unspecified atom stereocenters. The van der Waals surface area contributed by atoms with Crippen LogP contribution in [0.15, 0.2) is 53.1 Å². The zero-order valence-electron chi connectivity index (χ0n) is 19.0. The second-order valence-electron chi connectivity index (χ2n) is 7.75. The molecule has 1 aliphatic heterocycles. The van der Waals surface area contributed by atoms with E-state index in [-0.39, 0.29) is 5.91 Å². The normalized spacial score (nSPS) is 14.1. The first kappa shape index (κ1) is 22.6. The van der Waals surface area contributed by atoms with Crippen molar-refractivity contribution in [3.8, 4) is 22.8 Å². The fraction of sp³-hybridized carbons (Fsp3) is 0.375. The monoisotopic (exact) mass is 451 g/mol. The molecule has 0 aliphatic carbocycles. The van der Waals surface area contributed by atoms with Crippen LogP contribution in [0.25, 0.3) is 11.3 Å². The maximum atomic E-state index is 12.6. The number of hydrogen-bond donors (Lipinski definition) is 1. The minimum Gasteiger partial charge on any atom is -0.497 e. The van der Waals surface area contributed by atoms with Crippen molar-refractivity contribution in [2.75, 3.05) is 51.8 Å². The van der Waals surface area contributed by atoms with E-state index in [1.165, 1.54) is 0 Å². The second kappa shape index (κ2) is 10.8. The van der Waals surface area contributed by atoms with Crippen LogP contribution in [0.5, 0.6) is 11.5 Å². The summed E-state index contributed by atoms with van der Waals surface area (Å²) in [6, 6.07) is 13.2. The van der Waals surface area contributed by atoms with Gasteiger partial charge in [-0.05, 0) is 42.8 Å². The number of furan rings is 1. The van der Waals surface area contributed by atoms with Gasteiger partial charge in [0.15, 0.2) is 5.82 Å². The molecule has 1 aromatic carbocycles.